The summed E-state index contributed by atoms with van der Waals surface area (Å²) >= 11 is 0. The molecule has 0 spiro atoms. The topological polar surface area (TPSA) is 60.3 Å². The molecule has 27 rings (SSSR count). The SMILES string of the molecule is CC(C)c1cccc(C(C)C)c1B1N(C)c2cccc3c2-c2n(c4c([n+]21)CCCC4)C3.CC(C)c1cccc(C(C)C)c1B1N(C)c2cccc3c2-c2n(cc[n+]21)C3.CC(C)c1cccc(C(C)C)c1B1N(Cc2ccccc2)c2cccc3c2-c2n(cc[n+]21)C3.Cc1cccc(C)c1B1N(C)c2cccc3c2-c2n(cc[n+]21)C3.Cc1cccc(C)c1B1N(C)c2cccc3c2-c2n(cc[n+]21)C3. The van der Waals surface area contributed by atoms with Crippen LogP contribution in [0.2, 0.25) is 0 Å². The number of rotatable bonds is 13. The predicted octanol–water partition coefficient (Wildman–Crippen LogP) is 17.9. The van der Waals surface area contributed by atoms with E-state index >= 15 is 0 Å². The number of hydrogen-bond acceptors (Lipinski definition) is 5. The molecule has 10 aliphatic heterocycles. The highest BCUT2D eigenvalue weighted by Gasteiger charge is 2.56. The minimum atomic E-state index is 0.123. The summed E-state index contributed by atoms with van der Waals surface area (Å²) in [5.74, 6) is 9.79. The van der Waals surface area contributed by atoms with Crippen LogP contribution in [0.1, 0.15) is 232 Å². The first-order valence-corrected chi connectivity index (χ1v) is 50.8. The van der Waals surface area contributed by atoms with Gasteiger partial charge in [0.25, 0.3) is 29.1 Å². The lowest BCUT2D eigenvalue weighted by Gasteiger charge is -2.35. The maximum Gasteiger partial charge on any atom is 0.538 e. The van der Waals surface area contributed by atoms with Gasteiger partial charge in [0.2, 0.25) is 0 Å². The van der Waals surface area contributed by atoms with Crippen molar-refractivity contribution in [2.45, 2.75) is 211 Å². The summed E-state index contributed by atoms with van der Waals surface area (Å²) in [7, 11) is 9.02. The summed E-state index contributed by atoms with van der Waals surface area (Å²) in [6, 6.07) is 78.9. The van der Waals surface area contributed by atoms with E-state index in [4.69, 9.17) is 0 Å². The van der Waals surface area contributed by atoms with E-state index in [0.717, 1.165) is 39.3 Å². The lowest BCUT2D eigenvalue weighted by molar-refractivity contribution is -0.533. The van der Waals surface area contributed by atoms with Gasteiger partial charge in [0.1, 0.15) is 93.7 Å². The number of aryl methyl sites for hydroxylation is 4. The largest absolute Gasteiger partial charge is 0.538 e. The van der Waals surface area contributed by atoms with Gasteiger partial charge in [-0.2, -0.15) is 0 Å². The molecule has 5 aromatic heterocycles. The van der Waals surface area contributed by atoms with Crippen molar-refractivity contribution >= 4 is 90.7 Å². The third kappa shape index (κ3) is 13.7. The molecule has 11 aromatic carbocycles. The first-order chi connectivity index (χ1) is 66.3. The van der Waals surface area contributed by atoms with Gasteiger partial charge >= 0.3 is 34.9 Å². The van der Waals surface area contributed by atoms with E-state index < -0.39 is 0 Å². The fraction of sp³-hybridized carbons (Fsp3) is 0.308. The first kappa shape index (κ1) is 87.8. The van der Waals surface area contributed by atoms with Gasteiger partial charge in [-0.25, -0.2) is 22.8 Å². The van der Waals surface area contributed by atoms with Gasteiger partial charge in [0, 0.05) is 103 Å². The zero-order valence-electron chi connectivity index (χ0n) is 84.0. The third-order valence-corrected chi connectivity index (χ3v) is 32.4. The molecule has 682 valence electrons. The fourth-order valence-corrected chi connectivity index (χ4v) is 26.2. The molecule has 0 radical (unpaired) electrons. The molecule has 0 bridgehead atoms. The van der Waals surface area contributed by atoms with E-state index in [0.29, 0.717) is 35.5 Å². The molecule has 0 saturated carbocycles. The number of fused-ring (bicyclic) bond motifs is 3. The molecule has 0 fully saturated rings. The van der Waals surface area contributed by atoms with E-state index in [1.807, 2.05) is 0 Å². The Balaban J connectivity index is 0.0000000968. The Bertz CT molecular complexity index is 7270. The van der Waals surface area contributed by atoms with Crippen molar-refractivity contribution in [1.29, 1.82) is 0 Å². The van der Waals surface area contributed by atoms with Gasteiger partial charge in [-0.1, -0.05) is 265 Å². The Labute approximate surface area is 813 Å². The Morgan fingerprint density at radius 2 is 0.562 bits per heavy atom. The van der Waals surface area contributed by atoms with Crippen LogP contribution in [0.3, 0.4) is 0 Å². The second-order valence-electron chi connectivity index (χ2n) is 42.6. The zero-order valence-corrected chi connectivity index (χ0v) is 84.0. The molecule has 20 heteroatoms. The van der Waals surface area contributed by atoms with Gasteiger partial charge in [-0.3, -0.25) is 22.4 Å². The van der Waals surface area contributed by atoms with E-state index in [-0.39, 0.29) is 34.9 Å². The minimum absolute atomic E-state index is 0.123. The van der Waals surface area contributed by atoms with Crippen LogP contribution in [0.15, 0.2) is 262 Å². The minimum Gasteiger partial charge on any atom is -0.372 e. The molecule has 15 nitrogen and oxygen atoms in total. The first-order valence-electron chi connectivity index (χ1n) is 50.8. The number of aromatic nitrogens is 10. The van der Waals surface area contributed by atoms with Crippen LogP contribution >= 0.6 is 0 Å². The van der Waals surface area contributed by atoms with Crippen LogP contribution in [0, 0.1) is 27.7 Å². The summed E-state index contributed by atoms with van der Waals surface area (Å²) in [4.78, 5) is 12.6. The van der Waals surface area contributed by atoms with E-state index in [1.165, 1.54) is 227 Å². The van der Waals surface area contributed by atoms with Gasteiger partial charge in [0.15, 0.2) is 0 Å². The summed E-state index contributed by atoms with van der Waals surface area (Å²) in [6.45, 7) is 43.6. The van der Waals surface area contributed by atoms with Crippen molar-refractivity contribution in [2.24, 2.45) is 0 Å². The predicted molar refractivity (Wildman–Crippen MR) is 568 cm³/mol. The molecule has 0 atom stereocenters. The normalized spacial score (nSPS) is 14.7. The van der Waals surface area contributed by atoms with Gasteiger partial charge in [0.05, 0.1) is 27.8 Å². The Hall–Kier alpha value is -13.2. The quantitative estimate of drug-likeness (QED) is 0.108. The average molecular weight is 1800 g/mol. The average Bonchev–Trinajstić information content (AvgIpc) is 1.47. The van der Waals surface area contributed by atoms with Gasteiger partial charge in [-0.05, 0) is 196 Å². The third-order valence-electron chi connectivity index (χ3n) is 32.4. The van der Waals surface area contributed by atoms with Crippen LogP contribution in [0.5, 0.6) is 0 Å². The van der Waals surface area contributed by atoms with Crippen LogP contribution in [0.25, 0.3) is 56.9 Å². The molecule has 15 heterocycles. The van der Waals surface area contributed by atoms with Gasteiger partial charge in [-0.15, -0.1) is 0 Å². The van der Waals surface area contributed by atoms with Crippen molar-refractivity contribution < 1.29 is 22.4 Å². The van der Waals surface area contributed by atoms with Crippen molar-refractivity contribution in [2.75, 3.05) is 52.2 Å². The fourth-order valence-electron chi connectivity index (χ4n) is 26.2. The monoisotopic (exact) mass is 1800 g/mol. The van der Waals surface area contributed by atoms with E-state index in [9.17, 15) is 0 Å². The van der Waals surface area contributed by atoms with E-state index in [1.54, 1.807) is 11.4 Å². The second-order valence-corrected chi connectivity index (χ2v) is 42.6. The molecular formula is C117H129B5N15+5. The molecule has 0 unspecified atom stereocenters. The number of nitrogens with zero attached hydrogens (tertiary/aromatic N) is 15. The van der Waals surface area contributed by atoms with Crippen molar-refractivity contribution in [1.82, 2.24) is 22.8 Å². The highest BCUT2D eigenvalue weighted by Crippen LogP contribution is 2.49. The van der Waals surface area contributed by atoms with Crippen LogP contribution in [0.4, 0.5) is 28.4 Å². The number of anilines is 5. The second kappa shape index (κ2) is 33.9. The summed E-state index contributed by atoms with van der Waals surface area (Å²) in [6.07, 6.45) is 23.1. The van der Waals surface area contributed by atoms with E-state index in [2.05, 4.69) is 470 Å². The lowest BCUT2D eigenvalue weighted by atomic mass is 9.57. The molecule has 11 aliphatic rings. The maximum atomic E-state index is 2.75. The molecule has 0 N–H and O–H groups in total. The van der Waals surface area contributed by atoms with Crippen molar-refractivity contribution in [3.05, 3.63) is 362 Å². The maximum absolute atomic E-state index is 2.75. The lowest BCUT2D eigenvalue weighted by Crippen LogP contribution is -2.72. The standard InChI is InChI=1S/C29H31BN3.C27H33BN3.C23H27BN3.2C19H19BN3/c1-20(2)24-13-9-14-25(21(3)4)28(24)30-32-17-16-31-19-23-12-8-15-26(27(23)29(31)32)33(30)18-22-10-6-5-7-11-22;1-17(2)20-11-9-12-21(18(3)4)26(20)28-29(5)24-15-8-10-19-16-30-22-13-6-7-14-23(22)31(28)27(30)25(19)24;1-15(2)18-9-7-10-19(16(3)4)22(18)24-25(5)20-11-6-8-17-14-26-12-13-27(24)23(26)21(17)20;2*1-13-6-4-7-14(2)18(13)20-21(3)16-9-5-8-15-12-22-10-11-23(20)19(22)17(15)16/h5-17,20-21H,18-19H2,1-4H3;8-12,15,17-18H,6-7,13-14,16H2,1-5H3;6-13,15-16H,14H2,1-5H3;2*4-11H,12H2,1-3H3/q5*+1. The van der Waals surface area contributed by atoms with Crippen LogP contribution < -0.4 is 73.8 Å². The van der Waals surface area contributed by atoms with Crippen LogP contribution in [-0.4, -0.2) is 85.9 Å². The highest BCUT2D eigenvalue weighted by atomic mass is 15.3. The number of hydrogen-bond donors (Lipinski definition) is 0. The molecule has 0 amide bonds. The Kier molecular flexibility index (Phi) is 21.7. The summed E-state index contributed by atoms with van der Waals surface area (Å²) < 4.78 is 24.9. The molecule has 16 aromatic rings. The highest BCUT2D eigenvalue weighted by molar-refractivity contribution is 6.73. The number of benzene rings is 11. The Morgan fingerprint density at radius 1 is 0.277 bits per heavy atom. The molecular weight excluding hydrogens is 1670 g/mol. The summed E-state index contributed by atoms with van der Waals surface area (Å²) in [5, 5.41) is 0. The van der Waals surface area contributed by atoms with Crippen molar-refractivity contribution in [3.63, 3.8) is 0 Å². The Morgan fingerprint density at radius 3 is 0.927 bits per heavy atom. The zero-order chi connectivity index (χ0) is 94.4. The molecule has 0 saturated heterocycles. The van der Waals surface area contributed by atoms with Crippen molar-refractivity contribution in [3.8, 4) is 56.9 Å². The number of imidazole rings is 5. The van der Waals surface area contributed by atoms with Crippen LogP contribution in [-0.2, 0) is 52.1 Å². The molecule has 1 aliphatic carbocycles. The summed E-state index contributed by atoms with van der Waals surface area (Å²) in [5.41, 5.74) is 47.2. The smallest absolute Gasteiger partial charge is 0.372 e. The molecule has 137 heavy (non-hydrogen) atoms. The van der Waals surface area contributed by atoms with Gasteiger partial charge < -0.3 is 24.1 Å².